The van der Waals surface area contributed by atoms with Crippen LogP contribution in [-0.2, 0) is 0 Å². The lowest BCUT2D eigenvalue weighted by atomic mass is 9.89. The Bertz CT molecular complexity index is 3330. The predicted octanol–water partition coefficient (Wildman–Crippen LogP) is 15.2. The number of aromatic nitrogens is 2. The Hall–Kier alpha value is -7.68. The van der Waals surface area contributed by atoms with Crippen LogP contribution in [-0.4, -0.2) is 9.13 Å². The summed E-state index contributed by atoms with van der Waals surface area (Å²) in [6.45, 7) is 0. The van der Waals surface area contributed by atoms with Gasteiger partial charge in [0, 0.05) is 32.3 Å². The van der Waals surface area contributed by atoms with Gasteiger partial charge in [0.15, 0.2) is 0 Å². The monoisotopic (exact) mass is 736 g/mol. The zero-order valence-electron chi connectivity index (χ0n) is 31.7. The molecule has 0 saturated carbocycles. The first-order valence-electron chi connectivity index (χ1n) is 20.0. The molecule has 0 radical (unpaired) electrons. The lowest BCUT2D eigenvalue weighted by molar-refractivity contribution is 1.20. The molecule has 0 bridgehead atoms. The van der Waals surface area contributed by atoms with Crippen molar-refractivity contribution in [2.24, 2.45) is 0 Å². The van der Waals surface area contributed by atoms with E-state index >= 15 is 0 Å². The molecule has 2 heterocycles. The molecule has 2 nitrogen and oxygen atoms in total. The zero-order valence-corrected chi connectivity index (χ0v) is 31.7. The van der Waals surface area contributed by atoms with E-state index in [4.69, 9.17) is 0 Å². The molecule has 0 saturated heterocycles. The van der Waals surface area contributed by atoms with Gasteiger partial charge in [-0.25, -0.2) is 0 Å². The summed E-state index contributed by atoms with van der Waals surface area (Å²) in [5.74, 6) is 0. The molecule has 0 unspecified atom stereocenters. The summed E-state index contributed by atoms with van der Waals surface area (Å²) in [6, 6.07) is 80.0. The number of para-hydroxylation sites is 2. The van der Waals surface area contributed by atoms with Gasteiger partial charge in [-0.1, -0.05) is 170 Å². The lowest BCUT2D eigenvalue weighted by Crippen LogP contribution is -1.95. The summed E-state index contributed by atoms with van der Waals surface area (Å²) < 4.78 is 4.87. The normalized spacial score (nSPS) is 11.8. The van der Waals surface area contributed by atoms with Crippen molar-refractivity contribution in [1.29, 1.82) is 0 Å². The van der Waals surface area contributed by atoms with Crippen LogP contribution in [0, 0.1) is 0 Å². The van der Waals surface area contributed by atoms with E-state index in [9.17, 15) is 0 Å². The van der Waals surface area contributed by atoms with Gasteiger partial charge in [0.05, 0.1) is 33.4 Å². The minimum Gasteiger partial charge on any atom is -0.309 e. The molecular formula is C56H36N2. The standard InChI is InChI=1S/C56H36N2/c1-3-21-43-37(15-1)17-13-29-51(43)57-53-27-11-9-25-47(53)49-35-39(31-33-55(49)57)41-19-5-7-23-45(41)46-24-8-6-20-42(46)40-32-34-56-50(36-40)48-26-10-12-28-54(48)58(56)52-30-14-18-38-16-2-4-22-44(38)52/h1-36H. The molecule has 0 N–H and O–H groups in total. The maximum atomic E-state index is 2.44. The minimum atomic E-state index is 1.20. The zero-order chi connectivity index (χ0) is 38.2. The second kappa shape index (κ2) is 12.9. The van der Waals surface area contributed by atoms with E-state index in [-0.39, 0.29) is 0 Å². The summed E-state index contributed by atoms with van der Waals surface area (Å²) in [6.07, 6.45) is 0. The molecule has 2 aromatic heterocycles. The highest BCUT2D eigenvalue weighted by molar-refractivity contribution is 6.14. The molecule has 10 aromatic carbocycles. The average Bonchev–Trinajstić information content (AvgIpc) is 3.80. The number of rotatable bonds is 5. The van der Waals surface area contributed by atoms with E-state index in [1.165, 1.54) is 110 Å². The first-order chi connectivity index (χ1) is 28.8. The number of hydrogen-bond acceptors (Lipinski definition) is 0. The summed E-state index contributed by atoms with van der Waals surface area (Å²) in [7, 11) is 0. The number of benzene rings is 10. The highest BCUT2D eigenvalue weighted by atomic mass is 15.0. The van der Waals surface area contributed by atoms with Crippen molar-refractivity contribution in [1.82, 2.24) is 9.13 Å². The van der Waals surface area contributed by atoms with Crippen molar-refractivity contribution >= 4 is 65.2 Å². The summed E-state index contributed by atoms with van der Waals surface area (Å²) >= 11 is 0. The SMILES string of the molecule is c1ccc(-c2ccccc2-c2ccc3c(c2)c2ccccc2n3-c2cccc3ccccc23)c(-c2ccc3c(c2)c2ccccc2n3-c2cccc3ccccc23)c1. The fraction of sp³-hybridized carbons (Fsp3) is 0. The molecule has 2 heteroatoms. The van der Waals surface area contributed by atoms with Crippen LogP contribution in [0.15, 0.2) is 218 Å². The van der Waals surface area contributed by atoms with Gasteiger partial charge in [0.2, 0.25) is 0 Å². The number of nitrogens with zero attached hydrogens (tertiary/aromatic N) is 2. The van der Waals surface area contributed by atoms with Gasteiger partial charge in [0.25, 0.3) is 0 Å². The third-order valence-corrected chi connectivity index (χ3v) is 12.1. The number of hydrogen-bond donors (Lipinski definition) is 0. The van der Waals surface area contributed by atoms with Crippen LogP contribution >= 0.6 is 0 Å². The van der Waals surface area contributed by atoms with Gasteiger partial charge in [-0.15, -0.1) is 0 Å². The van der Waals surface area contributed by atoms with Crippen LogP contribution in [0.2, 0.25) is 0 Å². The minimum absolute atomic E-state index is 1.20. The van der Waals surface area contributed by atoms with Crippen LogP contribution < -0.4 is 0 Å². The first kappa shape index (κ1) is 32.6. The largest absolute Gasteiger partial charge is 0.309 e. The Kier molecular flexibility index (Phi) is 7.26. The first-order valence-corrected chi connectivity index (χ1v) is 20.0. The molecule has 0 aliphatic carbocycles. The molecule has 0 amide bonds. The van der Waals surface area contributed by atoms with Gasteiger partial charge < -0.3 is 9.13 Å². The molecule has 0 fully saturated rings. The second-order valence-electron chi connectivity index (χ2n) is 15.3. The van der Waals surface area contributed by atoms with Gasteiger partial charge >= 0.3 is 0 Å². The van der Waals surface area contributed by atoms with Gasteiger partial charge in [0.1, 0.15) is 0 Å². The molecule has 0 spiro atoms. The molecule has 0 aliphatic heterocycles. The summed E-state index contributed by atoms with van der Waals surface area (Å²) in [5.41, 5.74) is 14.5. The Morgan fingerprint density at radius 1 is 0.224 bits per heavy atom. The summed E-state index contributed by atoms with van der Waals surface area (Å²) in [4.78, 5) is 0. The van der Waals surface area contributed by atoms with Crippen molar-refractivity contribution in [2.75, 3.05) is 0 Å². The molecule has 0 atom stereocenters. The Morgan fingerprint density at radius 3 is 1.03 bits per heavy atom. The average molecular weight is 737 g/mol. The highest BCUT2D eigenvalue weighted by Crippen LogP contribution is 2.43. The highest BCUT2D eigenvalue weighted by Gasteiger charge is 2.19. The Labute approximate surface area is 336 Å². The molecule has 12 rings (SSSR count). The van der Waals surface area contributed by atoms with Gasteiger partial charge in [-0.3, -0.25) is 0 Å². The molecule has 58 heavy (non-hydrogen) atoms. The molecule has 270 valence electrons. The molecule has 0 aliphatic rings. The van der Waals surface area contributed by atoms with Crippen LogP contribution in [0.4, 0.5) is 0 Å². The third kappa shape index (κ3) is 4.92. The fourth-order valence-electron chi connectivity index (χ4n) is 9.55. The maximum Gasteiger partial charge on any atom is 0.0541 e. The topological polar surface area (TPSA) is 9.86 Å². The summed E-state index contributed by atoms with van der Waals surface area (Å²) in [5, 5.41) is 9.97. The van der Waals surface area contributed by atoms with Gasteiger partial charge in [-0.05, 0) is 92.7 Å². The van der Waals surface area contributed by atoms with Crippen LogP contribution in [0.3, 0.4) is 0 Å². The van der Waals surface area contributed by atoms with E-state index < -0.39 is 0 Å². The number of fused-ring (bicyclic) bond motifs is 8. The van der Waals surface area contributed by atoms with Crippen molar-refractivity contribution < 1.29 is 0 Å². The molecule has 12 aromatic rings. The van der Waals surface area contributed by atoms with E-state index in [0.29, 0.717) is 0 Å². The Morgan fingerprint density at radius 2 is 0.569 bits per heavy atom. The van der Waals surface area contributed by atoms with Crippen molar-refractivity contribution in [2.45, 2.75) is 0 Å². The van der Waals surface area contributed by atoms with Crippen molar-refractivity contribution in [3.63, 3.8) is 0 Å². The van der Waals surface area contributed by atoms with Crippen LogP contribution in [0.5, 0.6) is 0 Å². The van der Waals surface area contributed by atoms with Crippen LogP contribution in [0.1, 0.15) is 0 Å². The van der Waals surface area contributed by atoms with E-state index in [1.807, 2.05) is 0 Å². The van der Waals surface area contributed by atoms with Crippen LogP contribution in [0.25, 0.3) is 110 Å². The third-order valence-electron chi connectivity index (χ3n) is 12.1. The van der Waals surface area contributed by atoms with E-state index in [0.717, 1.165) is 0 Å². The Balaban J connectivity index is 1.02. The smallest absolute Gasteiger partial charge is 0.0541 e. The fourth-order valence-corrected chi connectivity index (χ4v) is 9.55. The van der Waals surface area contributed by atoms with Gasteiger partial charge in [-0.2, -0.15) is 0 Å². The lowest BCUT2D eigenvalue weighted by Gasteiger charge is -2.16. The van der Waals surface area contributed by atoms with Crippen molar-refractivity contribution in [3.8, 4) is 44.8 Å². The quantitative estimate of drug-likeness (QED) is 0.167. The van der Waals surface area contributed by atoms with E-state index in [2.05, 4.69) is 228 Å². The van der Waals surface area contributed by atoms with E-state index in [1.54, 1.807) is 0 Å². The molecular weight excluding hydrogens is 701 g/mol. The second-order valence-corrected chi connectivity index (χ2v) is 15.3. The maximum absolute atomic E-state index is 2.44. The van der Waals surface area contributed by atoms with Crippen molar-refractivity contribution in [3.05, 3.63) is 218 Å². The predicted molar refractivity (Wildman–Crippen MR) is 246 cm³/mol.